The van der Waals surface area contributed by atoms with Crippen LogP contribution in [0.15, 0.2) is 35.8 Å². The highest BCUT2D eigenvalue weighted by atomic mass is 35.5. The van der Waals surface area contributed by atoms with E-state index in [4.69, 9.17) is 11.6 Å². The van der Waals surface area contributed by atoms with Crippen LogP contribution in [0.25, 0.3) is 0 Å². The number of alkyl halides is 2. The van der Waals surface area contributed by atoms with E-state index in [1.54, 1.807) is 12.1 Å². The fourth-order valence-corrected chi connectivity index (χ4v) is 1.75. The molecular formula is C14H18ClF2N3O. The van der Waals surface area contributed by atoms with Crippen LogP contribution in [0.4, 0.5) is 8.78 Å². The van der Waals surface area contributed by atoms with Gasteiger partial charge in [0, 0.05) is 23.7 Å². The van der Waals surface area contributed by atoms with Crippen molar-refractivity contribution < 1.29 is 13.5 Å². The molecule has 4 nitrogen and oxygen atoms in total. The first kappa shape index (κ1) is 17.2. The average Bonchev–Trinajstić information content (AvgIpc) is 2.44. The van der Waals surface area contributed by atoms with E-state index < -0.39 is 6.61 Å². The Hall–Kier alpha value is -1.82. The minimum absolute atomic E-state index is 0.0673. The van der Waals surface area contributed by atoms with Gasteiger partial charge in [-0.15, -0.1) is 6.58 Å². The van der Waals surface area contributed by atoms with Crippen molar-refractivity contribution in [3.63, 3.8) is 0 Å². The third-order valence-electron chi connectivity index (χ3n) is 2.40. The van der Waals surface area contributed by atoms with Crippen LogP contribution in [0.3, 0.4) is 0 Å². The van der Waals surface area contributed by atoms with Crippen LogP contribution in [-0.4, -0.2) is 25.7 Å². The second-order valence-electron chi connectivity index (χ2n) is 4.00. The molecule has 0 aromatic heterocycles. The standard InChI is InChI=1S/C14H18ClF2N3O/c1-3-7-19-14(18-4-2)20-9-10-8-11(15)5-6-12(10)21-13(16)17/h3,5-6,8,13H,1,4,7,9H2,2H3,(H2,18,19,20). The molecule has 1 aromatic rings. The maximum Gasteiger partial charge on any atom is 0.387 e. The summed E-state index contributed by atoms with van der Waals surface area (Å²) in [4.78, 5) is 4.29. The number of rotatable bonds is 7. The predicted molar refractivity (Wildman–Crippen MR) is 81.1 cm³/mol. The Morgan fingerprint density at radius 3 is 2.86 bits per heavy atom. The molecule has 1 aromatic carbocycles. The molecule has 1 rings (SSSR count). The summed E-state index contributed by atoms with van der Waals surface area (Å²) in [6.45, 7) is 4.03. The molecule has 0 aliphatic rings. The number of ether oxygens (including phenoxy) is 1. The molecule has 0 aliphatic heterocycles. The summed E-state index contributed by atoms with van der Waals surface area (Å²) in [6.07, 6.45) is 1.69. The van der Waals surface area contributed by atoms with Gasteiger partial charge in [-0.3, -0.25) is 0 Å². The summed E-state index contributed by atoms with van der Waals surface area (Å²) in [7, 11) is 0. The van der Waals surface area contributed by atoms with Crippen molar-refractivity contribution in [1.29, 1.82) is 0 Å². The van der Waals surface area contributed by atoms with E-state index in [1.165, 1.54) is 12.1 Å². The van der Waals surface area contributed by atoms with Gasteiger partial charge in [0.15, 0.2) is 5.96 Å². The molecule has 21 heavy (non-hydrogen) atoms. The van der Waals surface area contributed by atoms with E-state index in [9.17, 15) is 8.78 Å². The maximum atomic E-state index is 12.4. The monoisotopic (exact) mass is 317 g/mol. The fraction of sp³-hybridized carbons (Fsp3) is 0.357. The van der Waals surface area contributed by atoms with Crippen molar-refractivity contribution in [3.05, 3.63) is 41.4 Å². The highest BCUT2D eigenvalue weighted by molar-refractivity contribution is 6.30. The first-order valence-corrected chi connectivity index (χ1v) is 6.81. The molecule has 0 spiro atoms. The molecule has 2 N–H and O–H groups in total. The Morgan fingerprint density at radius 1 is 1.48 bits per heavy atom. The number of hydrogen-bond donors (Lipinski definition) is 2. The molecule has 0 amide bonds. The summed E-state index contributed by atoms with van der Waals surface area (Å²) in [6, 6.07) is 4.46. The molecule has 0 heterocycles. The Labute approximate surface area is 127 Å². The van der Waals surface area contributed by atoms with Crippen LogP contribution in [0.5, 0.6) is 5.75 Å². The number of halogens is 3. The normalized spacial score (nSPS) is 11.4. The topological polar surface area (TPSA) is 45.7 Å². The molecule has 0 saturated carbocycles. The minimum atomic E-state index is -2.89. The second kappa shape index (κ2) is 9.18. The lowest BCUT2D eigenvalue weighted by molar-refractivity contribution is -0.0504. The van der Waals surface area contributed by atoms with Crippen LogP contribution in [0, 0.1) is 0 Å². The molecule has 116 valence electrons. The van der Waals surface area contributed by atoms with Gasteiger partial charge in [0.1, 0.15) is 5.75 Å². The van der Waals surface area contributed by atoms with Crippen molar-refractivity contribution in [2.75, 3.05) is 13.1 Å². The number of nitrogens with zero attached hydrogens (tertiary/aromatic N) is 1. The zero-order chi connectivity index (χ0) is 15.7. The van der Waals surface area contributed by atoms with E-state index >= 15 is 0 Å². The first-order chi connectivity index (χ1) is 10.1. The van der Waals surface area contributed by atoms with E-state index in [0.29, 0.717) is 29.6 Å². The molecule has 0 radical (unpaired) electrons. The second-order valence-corrected chi connectivity index (χ2v) is 4.43. The largest absolute Gasteiger partial charge is 0.434 e. The maximum absolute atomic E-state index is 12.4. The molecule has 7 heteroatoms. The van der Waals surface area contributed by atoms with E-state index in [-0.39, 0.29) is 12.3 Å². The molecule has 0 atom stereocenters. The van der Waals surface area contributed by atoms with Crippen molar-refractivity contribution in [1.82, 2.24) is 10.6 Å². The molecule has 0 saturated heterocycles. The lowest BCUT2D eigenvalue weighted by Crippen LogP contribution is -2.37. The van der Waals surface area contributed by atoms with Gasteiger partial charge in [0.05, 0.1) is 6.54 Å². The highest BCUT2D eigenvalue weighted by Gasteiger charge is 2.10. The van der Waals surface area contributed by atoms with Crippen LogP contribution in [-0.2, 0) is 6.54 Å². The van der Waals surface area contributed by atoms with E-state index in [0.717, 1.165) is 0 Å². The van der Waals surface area contributed by atoms with Gasteiger partial charge in [-0.25, -0.2) is 4.99 Å². The third kappa shape index (κ3) is 6.44. The quantitative estimate of drug-likeness (QED) is 0.461. The Morgan fingerprint density at radius 2 is 2.24 bits per heavy atom. The van der Waals surface area contributed by atoms with Gasteiger partial charge >= 0.3 is 6.61 Å². The minimum Gasteiger partial charge on any atom is -0.434 e. The fourth-order valence-electron chi connectivity index (χ4n) is 1.56. The predicted octanol–water partition coefficient (Wildman–Crippen LogP) is 3.18. The summed E-state index contributed by atoms with van der Waals surface area (Å²) < 4.78 is 29.2. The molecule has 0 fully saturated rings. The SMILES string of the molecule is C=CCNC(=NCc1cc(Cl)ccc1OC(F)F)NCC. The van der Waals surface area contributed by atoms with E-state index in [2.05, 4.69) is 26.9 Å². The van der Waals surface area contributed by atoms with Crippen LogP contribution < -0.4 is 15.4 Å². The Balaban J connectivity index is 2.87. The van der Waals surface area contributed by atoms with Gasteiger partial charge in [0.25, 0.3) is 0 Å². The first-order valence-electron chi connectivity index (χ1n) is 6.43. The van der Waals surface area contributed by atoms with Crippen LogP contribution in [0.2, 0.25) is 5.02 Å². The number of nitrogens with one attached hydrogen (secondary N) is 2. The Kier molecular flexibility index (Phi) is 7.53. The van der Waals surface area contributed by atoms with E-state index in [1.807, 2.05) is 6.92 Å². The zero-order valence-corrected chi connectivity index (χ0v) is 12.5. The molecule has 0 bridgehead atoms. The smallest absolute Gasteiger partial charge is 0.387 e. The van der Waals surface area contributed by atoms with Crippen LogP contribution >= 0.6 is 11.6 Å². The van der Waals surface area contributed by atoms with Crippen molar-refractivity contribution in [3.8, 4) is 5.75 Å². The van der Waals surface area contributed by atoms with Gasteiger partial charge in [-0.2, -0.15) is 8.78 Å². The summed E-state index contributed by atoms with van der Waals surface area (Å²) in [5.74, 6) is 0.623. The summed E-state index contributed by atoms with van der Waals surface area (Å²) >= 11 is 5.88. The molecular weight excluding hydrogens is 300 g/mol. The number of guanidine groups is 1. The number of hydrogen-bond acceptors (Lipinski definition) is 2. The number of aliphatic imine (C=N–C) groups is 1. The molecule has 0 aliphatic carbocycles. The van der Waals surface area contributed by atoms with Gasteiger partial charge in [-0.05, 0) is 25.1 Å². The van der Waals surface area contributed by atoms with Gasteiger partial charge in [0.2, 0.25) is 0 Å². The summed E-state index contributed by atoms with van der Waals surface area (Å²) in [5.41, 5.74) is 0.485. The lowest BCUT2D eigenvalue weighted by Gasteiger charge is -2.12. The van der Waals surface area contributed by atoms with Crippen molar-refractivity contribution >= 4 is 17.6 Å². The zero-order valence-electron chi connectivity index (χ0n) is 11.7. The Bertz CT molecular complexity index is 495. The highest BCUT2D eigenvalue weighted by Crippen LogP contribution is 2.25. The average molecular weight is 318 g/mol. The van der Waals surface area contributed by atoms with Crippen molar-refractivity contribution in [2.24, 2.45) is 4.99 Å². The molecule has 0 unspecified atom stereocenters. The third-order valence-corrected chi connectivity index (χ3v) is 2.64. The van der Waals surface area contributed by atoms with Gasteiger partial charge < -0.3 is 15.4 Å². The van der Waals surface area contributed by atoms with Crippen molar-refractivity contribution in [2.45, 2.75) is 20.1 Å². The van der Waals surface area contributed by atoms with Gasteiger partial charge in [-0.1, -0.05) is 17.7 Å². The van der Waals surface area contributed by atoms with Crippen LogP contribution in [0.1, 0.15) is 12.5 Å². The number of benzene rings is 1. The lowest BCUT2D eigenvalue weighted by atomic mass is 10.2. The summed E-state index contributed by atoms with van der Waals surface area (Å²) in [5, 5.41) is 6.48.